The van der Waals surface area contributed by atoms with Crippen LogP contribution in [0.1, 0.15) is 24.7 Å². The summed E-state index contributed by atoms with van der Waals surface area (Å²) in [5, 5.41) is 0. The van der Waals surface area contributed by atoms with Gasteiger partial charge in [-0.25, -0.2) is 4.57 Å². The summed E-state index contributed by atoms with van der Waals surface area (Å²) in [4.78, 5) is 10.8. The molecule has 0 aliphatic rings. The first-order valence-corrected chi connectivity index (χ1v) is 3.16. The molecule has 1 aromatic rings. The van der Waals surface area contributed by atoms with Crippen molar-refractivity contribution in [2.24, 2.45) is 7.05 Å². The predicted molar refractivity (Wildman–Crippen MR) is 44.4 cm³/mol. The summed E-state index contributed by atoms with van der Waals surface area (Å²) < 4.78 is 1.86. The van der Waals surface area contributed by atoms with E-state index in [1.165, 1.54) is 0 Å². The largest absolute Gasteiger partial charge is 0.294 e. The van der Waals surface area contributed by atoms with Crippen molar-refractivity contribution in [2.75, 3.05) is 0 Å². The Bertz CT molecular complexity index is 255. The molecular weight excluding hydrogens is 138 g/mol. The maximum Gasteiger partial charge on any atom is 0.179 e. The first-order chi connectivity index (χ1) is 4.70. The van der Waals surface area contributed by atoms with Crippen LogP contribution < -0.4 is 4.57 Å². The van der Waals surface area contributed by atoms with Crippen molar-refractivity contribution in [3.05, 3.63) is 30.1 Å². The Labute approximate surface area is 67.5 Å². The molecular formula is C9H14NO+. The minimum absolute atomic E-state index is 0. The van der Waals surface area contributed by atoms with Crippen LogP contribution in [0.3, 0.4) is 0 Å². The van der Waals surface area contributed by atoms with Gasteiger partial charge in [0.1, 0.15) is 7.05 Å². The van der Waals surface area contributed by atoms with Crippen LogP contribution in [0.25, 0.3) is 0 Å². The zero-order chi connectivity index (χ0) is 7.56. The average Bonchev–Trinajstić information content (AvgIpc) is 1.88. The highest BCUT2D eigenvalue weighted by Gasteiger charge is 2.01. The summed E-state index contributed by atoms with van der Waals surface area (Å²) in [6.07, 6.45) is 3.70. The predicted octanol–water partition coefficient (Wildman–Crippen LogP) is 1.35. The fourth-order valence-corrected chi connectivity index (χ4v) is 0.796. The van der Waals surface area contributed by atoms with E-state index in [0.29, 0.717) is 0 Å². The van der Waals surface area contributed by atoms with E-state index in [4.69, 9.17) is 0 Å². The van der Waals surface area contributed by atoms with E-state index in [1.807, 2.05) is 36.1 Å². The van der Waals surface area contributed by atoms with Gasteiger partial charge in [0.15, 0.2) is 18.2 Å². The zero-order valence-corrected chi connectivity index (χ0v) is 6.16. The number of carbonyl (C=O) groups excluding carboxylic acids is 1. The number of aromatic nitrogens is 1. The van der Waals surface area contributed by atoms with Gasteiger partial charge in [-0.15, -0.1) is 0 Å². The fraction of sp³-hybridized carbons (Fsp3) is 0.333. The third-order valence-corrected chi connectivity index (χ3v) is 1.35. The molecule has 2 heteroatoms. The van der Waals surface area contributed by atoms with Crippen LogP contribution in [0.15, 0.2) is 24.5 Å². The second-order valence-corrected chi connectivity index (χ2v) is 2.31. The van der Waals surface area contributed by atoms with E-state index in [0.717, 1.165) is 5.56 Å². The van der Waals surface area contributed by atoms with Crippen molar-refractivity contribution in [1.29, 1.82) is 0 Å². The van der Waals surface area contributed by atoms with Gasteiger partial charge < -0.3 is 0 Å². The third-order valence-electron chi connectivity index (χ3n) is 1.35. The van der Waals surface area contributed by atoms with Crippen LogP contribution in [-0.4, -0.2) is 5.78 Å². The Hall–Kier alpha value is -1.18. The highest BCUT2D eigenvalue weighted by Crippen LogP contribution is 1.93. The van der Waals surface area contributed by atoms with Crippen LogP contribution in [0.4, 0.5) is 0 Å². The first-order valence-electron chi connectivity index (χ1n) is 3.16. The van der Waals surface area contributed by atoms with Crippen LogP contribution in [0.5, 0.6) is 0 Å². The lowest BCUT2D eigenvalue weighted by molar-refractivity contribution is -0.671. The van der Waals surface area contributed by atoms with E-state index in [-0.39, 0.29) is 13.2 Å². The summed E-state index contributed by atoms with van der Waals surface area (Å²) in [6.45, 7) is 1.56. The normalized spacial score (nSPS) is 8.55. The number of ketones is 1. The van der Waals surface area contributed by atoms with Gasteiger partial charge >= 0.3 is 0 Å². The number of nitrogens with zero attached hydrogens (tertiary/aromatic N) is 1. The minimum atomic E-state index is 0. The summed E-state index contributed by atoms with van der Waals surface area (Å²) in [7, 11) is 1.90. The number of hydrogen-bond acceptors (Lipinski definition) is 1. The SMILES string of the molecule is C.CC(=O)c1ccc[n+](C)c1. The Balaban J connectivity index is 0.000001000. The fourth-order valence-electron chi connectivity index (χ4n) is 0.796. The molecule has 0 fully saturated rings. The molecule has 0 saturated heterocycles. The summed E-state index contributed by atoms with van der Waals surface area (Å²) >= 11 is 0. The van der Waals surface area contributed by atoms with Crippen molar-refractivity contribution in [1.82, 2.24) is 0 Å². The first kappa shape index (κ1) is 9.82. The monoisotopic (exact) mass is 152 g/mol. The topological polar surface area (TPSA) is 20.9 Å². The average molecular weight is 152 g/mol. The molecule has 0 aromatic carbocycles. The van der Waals surface area contributed by atoms with Gasteiger partial charge in [-0.2, -0.15) is 0 Å². The lowest BCUT2D eigenvalue weighted by Crippen LogP contribution is -2.27. The quantitative estimate of drug-likeness (QED) is 0.439. The minimum Gasteiger partial charge on any atom is -0.294 e. The number of pyridine rings is 1. The van der Waals surface area contributed by atoms with Gasteiger partial charge in [0.25, 0.3) is 0 Å². The third kappa shape index (κ3) is 2.50. The molecule has 1 rings (SSSR count). The van der Waals surface area contributed by atoms with E-state index in [1.54, 1.807) is 6.92 Å². The summed E-state index contributed by atoms with van der Waals surface area (Å²) in [6, 6.07) is 3.67. The van der Waals surface area contributed by atoms with E-state index in [2.05, 4.69) is 0 Å². The smallest absolute Gasteiger partial charge is 0.179 e. The highest BCUT2D eigenvalue weighted by atomic mass is 16.1. The molecule has 60 valence electrons. The molecule has 0 aliphatic heterocycles. The molecule has 1 aromatic heterocycles. The zero-order valence-electron chi connectivity index (χ0n) is 6.16. The molecule has 0 bridgehead atoms. The Morgan fingerprint density at radius 1 is 1.55 bits per heavy atom. The molecule has 0 amide bonds. The van der Waals surface area contributed by atoms with Gasteiger partial charge in [0, 0.05) is 6.07 Å². The molecule has 1 heterocycles. The molecule has 0 spiro atoms. The lowest BCUT2D eigenvalue weighted by atomic mass is 10.2. The van der Waals surface area contributed by atoms with Crippen LogP contribution in [0, 0.1) is 0 Å². The number of hydrogen-bond donors (Lipinski definition) is 0. The molecule has 0 aliphatic carbocycles. The molecule has 0 unspecified atom stereocenters. The molecule has 0 saturated carbocycles. The summed E-state index contributed by atoms with van der Waals surface area (Å²) in [5.74, 6) is 0.108. The molecule has 0 atom stereocenters. The van der Waals surface area contributed by atoms with Crippen LogP contribution in [-0.2, 0) is 7.05 Å². The standard InChI is InChI=1S/C8H10NO.CH4/c1-7(10)8-4-3-5-9(2)6-8;/h3-6H,1-2H3;1H4/q+1;. The maximum atomic E-state index is 10.8. The van der Waals surface area contributed by atoms with Crippen molar-refractivity contribution in [2.45, 2.75) is 14.4 Å². The molecule has 0 N–H and O–H groups in total. The van der Waals surface area contributed by atoms with Crippen molar-refractivity contribution < 1.29 is 9.36 Å². The maximum absolute atomic E-state index is 10.8. The van der Waals surface area contributed by atoms with Crippen molar-refractivity contribution >= 4 is 5.78 Å². The second-order valence-electron chi connectivity index (χ2n) is 2.31. The number of rotatable bonds is 1. The lowest BCUT2D eigenvalue weighted by Gasteiger charge is -1.89. The molecule has 11 heavy (non-hydrogen) atoms. The molecule has 0 radical (unpaired) electrons. The van der Waals surface area contributed by atoms with E-state index in [9.17, 15) is 4.79 Å². The number of carbonyl (C=O) groups is 1. The number of aryl methyl sites for hydroxylation is 1. The Morgan fingerprint density at radius 3 is 2.55 bits per heavy atom. The van der Waals surface area contributed by atoms with Crippen molar-refractivity contribution in [3.63, 3.8) is 0 Å². The van der Waals surface area contributed by atoms with Gasteiger partial charge in [-0.1, -0.05) is 7.43 Å². The van der Waals surface area contributed by atoms with Gasteiger partial charge in [0.2, 0.25) is 0 Å². The Morgan fingerprint density at radius 2 is 2.18 bits per heavy atom. The second kappa shape index (κ2) is 3.86. The highest BCUT2D eigenvalue weighted by molar-refractivity contribution is 5.93. The van der Waals surface area contributed by atoms with Crippen LogP contribution in [0.2, 0.25) is 0 Å². The van der Waals surface area contributed by atoms with E-state index >= 15 is 0 Å². The van der Waals surface area contributed by atoms with Crippen molar-refractivity contribution in [3.8, 4) is 0 Å². The number of Topliss-reactive ketones (excluding diaryl/α,β-unsaturated/α-hetero) is 1. The van der Waals surface area contributed by atoms with Gasteiger partial charge in [-0.3, -0.25) is 4.79 Å². The Kier molecular flexibility index (Phi) is 3.45. The van der Waals surface area contributed by atoms with E-state index < -0.39 is 0 Å². The van der Waals surface area contributed by atoms with Gasteiger partial charge in [-0.05, 0) is 13.0 Å². The van der Waals surface area contributed by atoms with Gasteiger partial charge in [0.05, 0.1) is 5.56 Å². The molecule has 2 nitrogen and oxygen atoms in total. The summed E-state index contributed by atoms with van der Waals surface area (Å²) in [5.41, 5.74) is 0.755. The van der Waals surface area contributed by atoms with Crippen LogP contribution >= 0.6 is 0 Å².